The highest BCUT2D eigenvalue weighted by Gasteiger charge is 2.30. The summed E-state index contributed by atoms with van der Waals surface area (Å²) in [6.45, 7) is 4.01. The minimum absolute atomic E-state index is 0.0114. The summed E-state index contributed by atoms with van der Waals surface area (Å²) in [5, 5.41) is 0.611. The van der Waals surface area contributed by atoms with Crippen molar-refractivity contribution in [3.63, 3.8) is 0 Å². The molecule has 0 saturated carbocycles. The fraction of sp³-hybridized carbons (Fsp3) is 0.480. The Morgan fingerprint density at radius 3 is 2.76 bits per heavy atom. The molecule has 37 heavy (non-hydrogen) atoms. The molecule has 1 aromatic carbocycles. The molecule has 0 spiro atoms. The molecule has 0 radical (unpaired) electrons. The van der Waals surface area contributed by atoms with Crippen LogP contribution in [0, 0.1) is 0 Å². The molecular formula is C25H31ClN6O4S. The molecule has 2 aromatic rings. The van der Waals surface area contributed by atoms with Gasteiger partial charge in [-0.2, -0.15) is 0 Å². The van der Waals surface area contributed by atoms with Gasteiger partial charge >= 0.3 is 0 Å². The molecule has 198 valence electrons. The highest BCUT2D eigenvalue weighted by Crippen LogP contribution is 2.26. The summed E-state index contributed by atoms with van der Waals surface area (Å²) in [5.74, 6) is 0.589. The SMILES string of the molecule is COc1cccc(C(=O)N2CCN(c3cc(Cl)nc(SCC(=O)N4CCCCC(N)C4=O)n3)CC2C)c1. The third-order valence-corrected chi connectivity index (χ3v) is 7.57. The van der Waals surface area contributed by atoms with Crippen LogP contribution < -0.4 is 15.4 Å². The van der Waals surface area contributed by atoms with Crippen LogP contribution in [0.5, 0.6) is 5.75 Å². The molecule has 2 saturated heterocycles. The van der Waals surface area contributed by atoms with Crippen LogP contribution in [0.1, 0.15) is 36.5 Å². The second-order valence-corrected chi connectivity index (χ2v) is 10.5. The minimum atomic E-state index is -0.637. The number of carbonyl (C=O) groups is 3. The summed E-state index contributed by atoms with van der Waals surface area (Å²) in [4.78, 5) is 52.3. The summed E-state index contributed by atoms with van der Waals surface area (Å²) in [5.41, 5.74) is 6.47. The number of halogens is 1. The molecule has 2 unspecified atom stereocenters. The lowest BCUT2D eigenvalue weighted by Gasteiger charge is -2.40. The van der Waals surface area contributed by atoms with Crippen LogP contribution in [-0.2, 0) is 9.59 Å². The maximum absolute atomic E-state index is 13.1. The van der Waals surface area contributed by atoms with Gasteiger partial charge in [-0.25, -0.2) is 9.97 Å². The predicted octanol–water partition coefficient (Wildman–Crippen LogP) is 2.45. The van der Waals surface area contributed by atoms with Crippen LogP contribution >= 0.6 is 23.4 Å². The lowest BCUT2D eigenvalue weighted by Crippen LogP contribution is -2.54. The summed E-state index contributed by atoms with van der Waals surface area (Å²) >= 11 is 7.43. The first-order chi connectivity index (χ1) is 17.8. The Balaban J connectivity index is 1.39. The lowest BCUT2D eigenvalue weighted by atomic mass is 10.1. The predicted molar refractivity (Wildman–Crippen MR) is 142 cm³/mol. The maximum atomic E-state index is 13.1. The molecule has 2 N–H and O–H groups in total. The zero-order chi connectivity index (χ0) is 26.5. The van der Waals surface area contributed by atoms with E-state index in [1.165, 1.54) is 4.90 Å². The minimum Gasteiger partial charge on any atom is -0.497 e. The number of hydrogen-bond donors (Lipinski definition) is 1. The molecule has 0 aliphatic carbocycles. The normalized spacial score (nSPS) is 20.5. The molecule has 2 aliphatic heterocycles. The highest BCUT2D eigenvalue weighted by molar-refractivity contribution is 7.99. The molecule has 3 heterocycles. The van der Waals surface area contributed by atoms with E-state index in [0.29, 0.717) is 54.9 Å². The van der Waals surface area contributed by atoms with Crippen LogP contribution in [0.2, 0.25) is 5.15 Å². The number of methoxy groups -OCH3 is 1. The number of amides is 3. The van der Waals surface area contributed by atoms with Gasteiger partial charge in [0, 0.05) is 43.9 Å². The third-order valence-electron chi connectivity index (χ3n) is 6.55. The van der Waals surface area contributed by atoms with E-state index in [1.807, 2.05) is 11.8 Å². The molecule has 12 heteroatoms. The molecule has 2 aliphatic rings. The Bertz CT molecular complexity index is 1170. The number of piperazine rings is 1. The summed E-state index contributed by atoms with van der Waals surface area (Å²) < 4.78 is 5.25. The molecule has 1 aromatic heterocycles. The smallest absolute Gasteiger partial charge is 0.254 e. The van der Waals surface area contributed by atoms with Crippen LogP contribution in [-0.4, -0.2) is 88.6 Å². The van der Waals surface area contributed by atoms with Crippen LogP contribution in [0.25, 0.3) is 0 Å². The fourth-order valence-electron chi connectivity index (χ4n) is 4.52. The quantitative estimate of drug-likeness (QED) is 0.330. The van der Waals surface area contributed by atoms with E-state index in [9.17, 15) is 14.4 Å². The highest BCUT2D eigenvalue weighted by atomic mass is 35.5. The first kappa shape index (κ1) is 27.2. The van der Waals surface area contributed by atoms with Gasteiger partial charge in [0.05, 0.1) is 18.9 Å². The Morgan fingerprint density at radius 2 is 2.00 bits per heavy atom. The van der Waals surface area contributed by atoms with E-state index in [-0.39, 0.29) is 34.7 Å². The standard InChI is InChI=1S/C25H31ClN6O4S/c1-16-14-30(10-11-31(16)23(34)17-6-5-7-18(12-17)36-2)21-13-20(26)28-25(29-21)37-15-22(33)32-9-4-3-8-19(27)24(32)35/h5-7,12-13,16,19H,3-4,8-11,14-15,27H2,1-2H3. The zero-order valence-corrected chi connectivity index (χ0v) is 22.5. The molecule has 0 bridgehead atoms. The number of aromatic nitrogens is 2. The number of benzene rings is 1. The van der Waals surface area contributed by atoms with Gasteiger partial charge in [-0.05, 0) is 44.4 Å². The Labute approximate surface area is 225 Å². The van der Waals surface area contributed by atoms with Gasteiger partial charge in [0.25, 0.3) is 5.91 Å². The van der Waals surface area contributed by atoms with Crippen molar-refractivity contribution in [1.82, 2.24) is 19.8 Å². The number of likely N-dealkylation sites (tertiary alicyclic amines) is 1. The largest absolute Gasteiger partial charge is 0.497 e. The molecule has 3 amide bonds. The lowest BCUT2D eigenvalue weighted by molar-refractivity contribution is -0.143. The first-order valence-corrected chi connectivity index (χ1v) is 13.6. The van der Waals surface area contributed by atoms with Crippen molar-refractivity contribution in [2.75, 3.05) is 43.9 Å². The van der Waals surface area contributed by atoms with Crippen molar-refractivity contribution < 1.29 is 19.1 Å². The van der Waals surface area contributed by atoms with Crippen molar-refractivity contribution >= 4 is 46.9 Å². The third kappa shape index (κ3) is 6.52. The number of nitrogens with two attached hydrogens (primary N) is 1. The number of carbonyl (C=O) groups excluding carboxylic acids is 3. The summed E-state index contributed by atoms with van der Waals surface area (Å²) in [7, 11) is 1.57. The van der Waals surface area contributed by atoms with Gasteiger partial charge in [0.15, 0.2) is 5.16 Å². The van der Waals surface area contributed by atoms with Gasteiger partial charge in [-0.3, -0.25) is 19.3 Å². The second kappa shape index (κ2) is 12.1. The molecule has 2 fully saturated rings. The summed E-state index contributed by atoms with van der Waals surface area (Å²) in [6, 6.07) is 8.10. The molecule has 10 nitrogen and oxygen atoms in total. The van der Waals surface area contributed by atoms with Crippen molar-refractivity contribution in [2.24, 2.45) is 5.73 Å². The van der Waals surface area contributed by atoms with Crippen LogP contribution in [0.15, 0.2) is 35.5 Å². The topological polar surface area (TPSA) is 122 Å². The number of nitrogens with zero attached hydrogens (tertiary/aromatic N) is 5. The number of ether oxygens (including phenoxy) is 1. The van der Waals surface area contributed by atoms with E-state index in [1.54, 1.807) is 37.4 Å². The molecule has 4 rings (SSSR count). The zero-order valence-electron chi connectivity index (χ0n) is 20.9. The second-order valence-electron chi connectivity index (χ2n) is 9.13. The van der Waals surface area contributed by atoms with Crippen LogP contribution in [0.3, 0.4) is 0 Å². The van der Waals surface area contributed by atoms with Gasteiger partial charge in [0.1, 0.15) is 16.7 Å². The van der Waals surface area contributed by atoms with Crippen LogP contribution in [0.4, 0.5) is 5.82 Å². The van der Waals surface area contributed by atoms with Gasteiger partial charge in [0.2, 0.25) is 11.8 Å². The van der Waals surface area contributed by atoms with Gasteiger partial charge in [-0.1, -0.05) is 29.4 Å². The Kier molecular flexibility index (Phi) is 8.88. The van der Waals surface area contributed by atoms with Crippen molar-refractivity contribution in [1.29, 1.82) is 0 Å². The van der Waals surface area contributed by atoms with E-state index in [0.717, 1.165) is 24.6 Å². The number of rotatable bonds is 6. The number of hydrogen-bond acceptors (Lipinski definition) is 9. The number of thioether (sulfide) groups is 1. The number of imide groups is 1. The summed E-state index contributed by atoms with van der Waals surface area (Å²) in [6.07, 6.45) is 2.16. The first-order valence-electron chi connectivity index (χ1n) is 12.2. The fourth-order valence-corrected chi connectivity index (χ4v) is 5.48. The molecular weight excluding hydrogens is 516 g/mol. The van der Waals surface area contributed by atoms with Gasteiger partial charge in [-0.15, -0.1) is 0 Å². The monoisotopic (exact) mass is 546 g/mol. The van der Waals surface area contributed by atoms with Gasteiger partial charge < -0.3 is 20.3 Å². The average molecular weight is 547 g/mol. The van der Waals surface area contributed by atoms with E-state index in [2.05, 4.69) is 14.9 Å². The van der Waals surface area contributed by atoms with E-state index >= 15 is 0 Å². The van der Waals surface area contributed by atoms with E-state index < -0.39 is 6.04 Å². The molecule has 2 atom stereocenters. The van der Waals surface area contributed by atoms with E-state index in [4.69, 9.17) is 22.1 Å². The maximum Gasteiger partial charge on any atom is 0.254 e. The van der Waals surface area contributed by atoms with Crippen molar-refractivity contribution in [2.45, 2.75) is 43.4 Å². The van der Waals surface area contributed by atoms with Crippen molar-refractivity contribution in [3.8, 4) is 5.75 Å². The van der Waals surface area contributed by atoms with Crippen molar-refractivity contribution in [3.05, 3.63) is 41.0 Å². The number of anilines is 1. The Morgan fingerprint density at radius 1 is 1.19 bits per heavy atom. The average Bonchev–Trinajstić information content (AvgIpc) is 3.07. The Hall–Kier alpha value is -2.89.